The number of rotatable bonds is 1. The summed E-state index contributed by atoms with van der Waals surface area (Å²) in [5.74, 6) is -0.545. The lowest BCUT2D eigenvalue weighted by Gasteiger charge is -2.17. The van der Waals surface area contributed by atoms with E-state index in [0.29, 0.717) is 5.56 Å². The van der Waals surface area contributed by atoms with Crippen molar-refractivity contribution in [2.75, 3.05) is 14.2 Å². The topological polar surface area (TPSA) is 46.6 Å². The first-order chi connectivity index (χ1) is 7.16. The fourth-order valence-corrected chi connectivity index (χ4v) is 1.84. The number of amides is 1. The third-order valence-electron chi connectivity index (χ3n) is 2.62. The van der Waals surface area contributed by atoms with Crippen molar-refractivity contribution in [3.8, 4) is 0 Å². The zero-order valence-electron chi connectivity index (χ0n) is 8.56. The predicted octanol–water partition coefficient (Wildman–Crippen LogP) is 0.986. The Kier molecular flexibility index (Phi) is 2.19. The van der Waals surface area contributed by atoms with Crippen LogP contribution in [0.25, 0.3) is 0 Å². The summed E-state index contributed by atoms with van der Waals surface area (Å²) in [5, 5.41) is 0. The highest BCUT2D eigenvalue weighted by atomic mass is 16.5. The van der Waals surface area contributed by atoms with E-state index < -0.39 is 12.0 Å². The molecule has 0 aromatic heterocycles. The maximum absolute atomic E-state index is 11.7. The molecule has 0 radical (unpaired) electrons. The fourth-order valence-electron chi connectivity index (χ4n) is 1.84. The molecule has 1 aliphatic heterocycles. The summed E-state index contributed by atoms with van der Waals surface area (Å²) in [4.78, 5) is 24.7. The second-order valence-corrected chi connectivity index (χ2v) is 3.43. The van der Waals surface area contributed by atoms with Crippen molar-refractivity contribution in [2.45, 2.75) is 6.04 Å². The molecule has 78 valence electrons. The molecule has 1 aromatic rings. The van der Waals surface area contributed by atoms with Gasteiger partial charge in [0.25, 0.3) is 5.91 Å². The van der Waals surface area contributed by atoms with Crippen molar-refractivity contribution in [1.29, 1.82) is 0 Å². The number of hydrogen-bond donors (Lipinski definition) is 0. The van der Waals surface area contributed by atoms with Crippen LogP contribution in [0.1, 0.15) is 22.0 Å². The molecule has 0 saturated carbocycles. The van der Waals surface area contributed by atoms with Crippen molar-refractivity contribution < 1.29 is 14.3 Å². The lowest BCUT2D eigenvalue weighted by atomic mass is 10.1. The van der Waals surface area contributed by atoms with Crippen molar-refractivity contribution >= 4 is 11.9 Å². The van der Waals surface area contributed by atoms with Gasteiger partial charge in [0.05, 0.1) is 7.11 Å². The minimum absolute atomic E-state index is 0.138. The molecule has 1 aliphatic rings. The molecular weight excluding hydrogens is 194 g/mol. The summed E-state index contributed by atoms with van der Waals surface area (Å²) >= 11 is 0. The van der Waals surface area contributed by atoms with Crippen LogP contribution >= 0.6 is 0 Å². The summed E-state index contributed by atoms with van der Waals surface area (Å²) < 4.78 is 4.68. The average Bonchev–Trinajstić information content (AvgIpc) is 2.52. The number of nitrogens with zero attached hydrogens (tertiary/aromatic N) is 1. The SMILES string of the molecule is COC(=O)[C@H]1c2ccccc2C(=O)N1C. The lowest BCUT2D eigenvalue weighted by molar-refractivity contribution is -0.145. The quantitative estimate of drug-likeness (QED) is 0.642. The molecule has 4 heteroatoms. The number of carbonyl (C=O) groups excluding carboxylic acids is 2. The Balaban J connectivity index is 2.51. The number of methoxy groups -OCH3 is 1. The van der Waals surface area contributed by atoms with Gasteiger partial charge >= 0.3 is 5.97 Å². The number of fused-ring (bicyclic) bond motifs is 1. The van der Waals surface area contributed by atoms with Crippen LogP contribution in [0.5, 0.6) is 0 Å². The molecule has 0 N–H and O–H groups in total. The lowest BCUT2D eigenvalue weighted by Crippen LogP contribution is -2.29. The van der Waals surface area contributed by atoms with Crippen LogP contribution in [0.15, 0.2) is 24.3 Å². The largest absolute Gasteiger partial charge is 0.467 e. The van der Waals surface area contributed by atoms with Gasteiger partial charge in [-0.3, -0.25) is 4.79 Å². The summed E-state index contributed by atoms with van der Waals surface area (Å²) in [6.45, 7) is 0. The van der Waals surface area contributed by atoms with Gasteiger partial charge in [0, 0.05) is 12.6 Å². The van der Waals surface area contributed by atoms with Crippen LogP contribution < -0.4 is 0 Å². The molecule has 2 rings (SSSR count). The summed E-state index contributed by atoms with van der Waals surface area (Å²) in [6, 6.07) is 6.49. The van der Waals surface area contributed by atoms with Crippen LogP contribution in [-0.2, 0) is 9.53 Å². The van der Waals surface area contributed by atoms with E-state index >= 15 is 0 Å². The summed E-state index contributed by atoms with van der Waals surface area (Å²) in [6.07, 6.45) is 0. The Bertz CT molecular complexity index is 428. The Morgan fingerprint density at radius 3 is 2.73 bits per heavy atom. The zero-order valence-corrected chi connectivity index (χ0v) is 8.56. The summed E-state index contributed by atoms with van der Waals surface area (Å²) in [5.41, 5.74) is 1.30. The Labute approximate surface area is 87.4 Å². The Hall–Kier alpha value is -1.84. The van der Waals surface area contributed by atoms with Crippen molar-refractivity contribution in [2.24, 2.45) is 0 Å². The van der Waals surface area contributed by atoms with E-state index in [2.05, 4.69) is 4.74 Å². The predicted molar refractivity (Wildman–Crippen MR) is 53.3 cm³/mol. The minimum Gasteiger partial charge on any atom is -0.467 e. The van der Waals surface area contributed by atoms with E-state index in [4.69, 9.17) is 0 Å². The van der Waals surface area contributed by atoms with Crippen LogP contribution in [0.3, 0.4) is 0 Å². The molecule has 0 saturated heterocycles. The molecule has 1 aromatic carbocycles. The van der Waals surface area contributed by atoms with Crippen LogP contribution in [-0.4, -0.2) is 30.9 Å². The second-order valence-electron chi connectivity index (χ2n) is 3.43. The molecular formula is C11H11NO3. The maximum Gasteiger partial charge on any atom is 0.333 e. The number of esters is 1. The first-order valence-corrected chi connectivity index (χ1v) is 4.60. The molecule has 0 aliphatic carbocycles. The third kappa shape index (κ3) is 1.29. The minimum atomic E-state index is -0.598. The van der Waals surface area contributed by atoms with E-state index in [1.54, 1.807) is 31.3 Å². The van der Waals surface area contributed by atoms with Gasteiger partial charge < -0.3 is 9.64 Å². The molecule has 0 unspecified atom stereocenters. The molecule has 15 heavy (non-hydrogen) atoms. The first kappa shape index (κ1) is 9.71. The van der Waals surface area contributed by atoms with Gasteiger partial charge in [-0.25, -0.2) is 4.79 Å². The molecule has 0 fully saturated rings. The van der Waals surface area contributed by atoms with Gasteiger partial charge in [0.2, 0.25) is 0 Å². The molecule has 1 heterocycles. The molecule has 1 atom stereocenters. The van der Waals surface area contributed by atoms with E-state index in [9.17, 15) is 9.59 Å². The van der Waals surface area contributed by atoms with E-state index in [-0.39, 0.29) is 5.91 Å². The van der Waals surface area contributed by atoms with Gasteiger partial charge in [-0.15, -0.1) is 0 Å². The Morgan fingerprint density at radius 2 is 2.07 bits per heavy atom. The van der Waals surface area contributed by atoms with Gasteiger partial charge in [-0.05, 0) is 11.6 Å². The van der Waals surface area contributed by atoms with Crippen LogP contribution in [0.2, 0.25) is 0 Å². The second kappa shape index (κ2) is 3.38. The van der Waals surface area contributed by atoms with Crippen LogP contribution in [0.4, 0.5) is 0 Å². The van der Waals surface area contributed by atoms with Gasteiger partial charge in [0.1, 0.15) is 0 Å². The fraction of sp³-hybridized carbons (Fsp3) is 0.273. The van der Waals surface area contributed by atoms with E-state index in [1.807, 2.05) is 0 Å². The van der Waals surface area contributed by atoms with Crippen LogP contribution in [0, 0.1) is 0 Å². The number of benzene rings is 1. The number of likely N-dealkylation sites (N-methyl/N-ethyl adjacent to an activating group) is 1. The van der Waals surface area contributed by atoms with Gasteiger partial charge in [0.15, 0.2) is 6.04 Å². The van der Waals surface area contributed by atoms with Crippen molar-refractivity contribution in [3.63, 3.8) is 0 Å². The number of ether oxygens (including phenoxy) is 1. The number of carbonyl (C=O) groups is 2. The normalized spacial score (nSPS) is 18.9. The molecule has 0 spiro atoms. The molecule has 1 amide bonds. The van der Waals surface area contributed by atoms with Crippen molar-refractivity contribution in [1.82, 2.24) is 4.90 Å². The first-order valence-electron chi connectivity index (χ1n) is 4.60. The molecule has 0 bridgehead atoms. The van der Waals surface area contributed by atoms with E-state index in [1.165, 1.54) is 12.0 Å². The highest BCUT2D eigenvalue weighted by molar-refractivity contribution is 6.03. The maximum atomic E-state index is 11.7. The monoisotopic (exact) mass is 205 g/mol. The smallest absolute Gasteiger partial charge is 0.333 e. The van der Waals surface area contributed by atoms with Crippen molar-refractivity contribution in [3.05, 3.63) is 35.4 Å². The summed E-state index contributed by atoms with van der Waals surface area (Å²) in [7, 11) is 2.92. The third-order valence-corrected chi connectivity index (χ3v) is 2.62. The Morgan fingerprint density at radius 1 is 1.40 bits per heavy atom. The van der Waals surface area contributed by atoms with Gasteiger partial charge in [-0.1, -0.05) is 18.2 Å². The molecule has 4 nitrogen and oxygen atoms in total. The average molecular weight is 205 g/mol. The van der Waals surface area contributed by atoms with E-state index in [0.717, 1.165) is 5.56 Å². The zero-order chi connectivity index (χ0) is 11.0. The highest BCUT2D eigenvalue weighted by Gasteiger charge is 2.39. The highest BCUT2D eigenvalue weighted by Crippen LogP contribution is 2.32. The standard InChI is InChI=1S/C11H11NO3/c1-12-9(11(14)15-2)7-5-3-4-6-8(7)10(12)13/h3-6,9H,1-2H3/t9-/m1/s1. The van der Waals surface area contributed by atoms with Gasteiger partial charge in [-0.2, -0.15) is 0 Å². The number of hydrogen-bond acceptors (Lipinski definition) is 3.